The molecule has 3 N–H and O–H groups in total. The van der Waals surface area contributed by atoms with Crippen LogP contribution in [0.25, 0.3) is 0 Å². The average Bonchev–Trinajstić information content (AvgIpc) is 2.94. The van der Waals surface area contributed by atoms with E-state index >= 15 is 0 Å². The number of hydrogen-bond donors (Lipinski definition) is 2. The van der Waals surface area contributed by atoms with Gasteiger partial charge in [0, 0.05) is 19.6 Å². The number of anilines is 1. The second-order valence-electron chi connectivity index (χ2n) is 5.20. The molecule has 20 heavy (non-hydrogen) atoms. The molecule has 0 radical (unpaired) electrons. The van der Waals surface area contributed by atoms with Gasteiger partial charge in [-0.05, 0) is 37.4 Å². The van der Waals surface area contributed by atoms with Gasteiger partial charge in [0.25, 0.3) is 0 Å². The van der Waals surface area contributed by atoms with Crippen LogP contribution in [0.15, 0.2) is 29.2 Å². The third kappa shape index (κ3) is 3.31. The third-order valence-electron chi connectivity index (χ3n) is 3.66. The number of sulfonamides is 1. The van der Waals surface area contributed by atoms with Gasteiger partial charge < -0.3 is 10.6 Å². The summed E-state index contributed by atoms with van der Waals surface area (Å²) in [4.78, 5) is 2.49. The van der Waals surface area contributed by atoms with Crippen molar-refractivity contribution in [2.45, 2.75) is 24.7 Å². The summed E-state index contributed by atoms with van der Waals surface area (Å²) in [6.45, 7) is 4.75. The molecule has 1 aliphatic rings. The zero-order chi connectivity index (χ0) is 14.6. The Hall–Kier alpha value is -1.11. The molecule has 1 aromatic rings. The molecule has 0 saturated carbocycles. The molecule has 1 aliphatic heterocycles. The van der Waals surface area contributed by atoms with Crippen LogP contribution in [-0.4, -0.2) is 34.6 Å². The van der Waals surface area contributed by atoms with Gasteiger partial charge in [-0.15, -0.1) is 0 Å². The van der Waals surface area contributed by atoms with Crippen LogP contribution in [0.1, 0.15) is 19.8 Å². The van der Waals surface area contributed by atoms with Crippen molar-refractivity contribution in [3.63, 3.8) is 0 Å². The van der Waals surface area contributed by atoms with Gasteiger partial charge in [0.2, 0.25) is 10.0 Å². The van der Waals surface area contributed by atoms with E-state index < -0.39 is 10.0 Å². The normalized spacial score (nSPS) is 19.5. The minimum atomic E-state index is -3.44. The van der Waals surface area contributed by atoms with Crippen LogP contribution in [0.5, 0.6) is 0 Å². The maximum atomic E-state index is 12.4. The minimum absolute atomic E-state index is 0.367. The van der Waals surface area contributed by atoms with E-state index in [4.69, 9.17) is 5.73 Å². The highest BCUT2D eigenvalue weighted by Gasteiger charge is 2.26. The summed E-state index contributed by atoms with van der Waals surface area (Å²) in [6.07, 6.45) is 1.80. The highest BCUT2D eigenvalue weighted by molar-refractivity contribution is 7.89. The van der Waals surface area contributed by atoms with Crippen molar-refractivity contribution < 1.29 is 8.42 Å². The average molecular weight is 297 g/mol. The fourth-order valence-electron chi connectivity index (χ4n) is 2.50. The van der Waals surface area contributed by atoms with Crippen molar-refractivity contribution in [2.75, 3.05) is 31.1 Å². The Balaban J connectivity index is 2.27. The van der Waals surface area contributed by atoms with Gasteiger partial charge in [-0.1, -0.05) is 19.1 Å². The van der Waals surface area contributed by atoms with E-state index in [-0.39, 0.29) is 0 Å². The summed E-state index contributed by atoms with van der Waals surface area (Å²) in [7, 11) is -3.44. The first kappa shape index (κ1) is 15.3. The maximum Gasteiger partial charge on any atom is 0.242 e. The van der Waals surface area contributed by atoms with Crippen LogP contribution in [-0.2, 0) is 10.0 Å². The molecule has 0 bridgehead atoms. The molecule has 0 amide bonds. The van der Waals surface area contributed by atoms with Crippen LogP contribution >= 0.6 is 0 Å². The first-order chi connectivity index (χ1) is 9.58. The number of hydrogen-bond acceptors (Lipinski definition) is 4. The Labute approximate surface area is 121 Å². The number of rotatable bonds is 6. The van der Waals surface area contributed by atoms with E-state index in [0.29, 0.717) is 23.9 Å². The molecule has 2 rings (SSSR count). The predicted octanol–water partition coefficient (Wildman–Crippen LogP) is 1.16. The number of nitrogens with two attached hydrogens (primary N) is 1. The Bertz CT molecular complexity index is 545. The summed E-state index contributed by atoms with van der Waals surface area (Å²) in [5.74, 6) is 0.453. The van der Waals surface area contributed by atoms with E-state index in [1.54, 1.807) is 12.1 Å². The molecule has 5 nitrogen and oxygen atoms in total. The van der Waals surface area contributed by atoms with E-state index in [1.165, 1.54) is 0 Å². The van der Waals surface area contributed by atoms with Gasteiger partial charge in [-0.3, -0.25) is 0 Å². The quantitative estimate of drug-likeness (QED) is 0.826. The summed E-state index contributed by atoms with van der Waals surface area (Å²) in [5.41, 5.74) is 6.49. The number of nitrogens with one attached hydrogen (secondary N) is 1. The predicted molar refractivity (Wildman–Crippen MR) is 81.3 cm³/mol. The molecule has 1 unspecified atom stereocenters. The number of benzene rings is 1. The lowest BCUT2D eigenvalue weighted by Crippen LogP contribution is -2.28. The molecule has 112 valence electrons. The first-order valence-corrected chi connectivity index (χ1v) is 8.60. The Kier molecular flexibility index (Phi) is 5.01. The highest BCUT2D eigenvalue weighted by Crippen LogP contribution is 2.29. The van der Waals surface area contributed by atoms with Gasteiger partial charge in [0.15, 0.2) is 0 Å². The zero-order valence-electron chi connectivity index (χ0n) is 11.9. The van der Waals surface area contributed by atoms with E-state index in [1.807, 2.05) is 19.1 Å². The standard InChI is InChI=1S/C14H23N3O2S/c1-2-8-16-20(18,19)14-6-4-3-5-13(14)17-9-7-12(10-15)11-17/h3-6,12,16H,2,7-11,15H2,1H3. The molecule has 0 spiro atoms. The van der Waals surface area contributed by atoms with Crippen LogP contribution in [0.4, 0.5) is 5.69 Å². The minimum Gasteiger partial charge on any atom is -0.370 e. The molecule has 1 aromatic carbocycles. The van der Waals surface area contributed by atoms with E-state index in [9.17, 15) is 8.42 Å². The summed E-state index contributed by atoms with van der Waals surface area (Å²) in [5, 5.41) is 0. The van der Waals surface area contributed by atoms with Gasteiger partial charge in [0.1, 0.15) is 4.90 Å². The first-order valence-electron chi connectivity index (χ1n) is 7.12. The van der Waals surface area contributed by atoms with Crippen LogP contribution in [0, 0.1) is 5.92 Å². The second-order valence-corrected chi connectivity index (χ2v) is 6.94. The van der Waals surface area contributed by atoms with Crippen LogP contribution < -0.4 is 15.4 Å². The number of para-hydroxylation sites is 1. The Morgan fingerprint density at radius 1 is 1.40 bits per heavy atom. The van der Waals surface area contributed by atoms with Gasteiger partial charge >= 0.3 is 0 Å². The Morgan fingerprint density at radius 3 is 2.80 bits per heavy atom. The lowest BCUT2D eigenvalue weighted by Gasteiger charge is -2.22. The molecule has 1 saturated heterocycles. The van der Waals surface area contributed by atoms with Crippen molar-refractivity contribution >= 4 is 15.7 Å². The molecule has 0 aromatic heterocycles. The molecule has 1 atom stereocenters. The third-order valence-corrected chi connectivity index (χ3v) is 5.17. The summed E-state index contributed by atoms with van der Waals surface area (Å²) >= 11 is 0. The van der Waals surface area contributed by atoms with Crippen molar-refractivity contribution in [2.24, 2.45) is 11.7 Å². The largest absolute Gasteiger partial charge is 0.370 e. The second kappa shape index (κ2) is 6.56. The van der Waals surface area contributed by atoms with E-state index in [2.05, 4.69) is 9.62 Å². The Morgan fingerprint density at radius 2 is 2.15 bits per heavy atom. The highest BCUT2D eigenvalue weighted by atomic mass is 32.2. The van der Waals surface area contributed by atoms with Gasteiger partial charge in [0.05, 0.1) is 5.69 Å². The van der Waals surface area contributed by atoms with E-state index in [0.717, 1.165) is 31.6 Å². The molecule has 6 heteroatoms. The van der Waals surface area contributed by atoms with Crippen molar-refractivity contribution in [3.8, 4) is 0 Å². The fourth-order valence-corrected chi connectivity index (χ4v) is 3.86. The lowest BCUT2D eigenvalue weighted by molar-refractivity contribution is 0.580. The van der Waals surface area contributed by atoms with Crippen molar-refractivity contribution in [3.05, 3.63) is 24.3 Å². The summed E-state index contributed by atoms with van der Waals surface area (Å²) in [6, 6.07) is 7.19. The summed E-state index contributed by atoms with van der Waals surface area (Å²) < 4.78 is 27.3. The maximum absolute atomic E-state index is 12.4. The molecule has 1 heterocycles. The SMILES string of the molecule is CCCNS(=O)(=O)c1ccccc1N1CCC(CN)C1. The van der Waals surface area contributed by atoms with Crippen molar-refractivity contribution in [1.82, 2.24) is 4.72 Å². The molecule has 1 fully saturated rings. The molecular weight excluding hydrogens is 274 g/mol. The van der Waals surface area contributed by atoms with Crippen LogP contribution in [0.2, 0.25) is 0 Å². The smallest absolute Gasteiger partial charge is 0.242 e. The molecular formula is C14H23N3O2S. The number of nitrogens with zero attached hydrogens (tertiary/aromatic N) is 1. The topological polar surface area (TPSA) is 75.4 Å². The van der Waals surface area contributed by atoms with Gasteiger partial charge in [-0.2, -0.15) is 0 Å². The fraction of sp³-hybridized carbons (Fsp3) is 0.571. The molecule has 0 aliphatic carbocycles. The monoisotopic (exact) mass is 297 g/mol. The zero-order valence-corrected chi connectivity index (χ0v) is 12.7. The lowest BCUT2D eigenvalue weighted by atomic mass is 10.1. The van der Waals surface area contributed by atoms with Crippen LogP contribution in [0.3, 0.4) is 0 Å². The van der Waals surface area contributed by atoms with Crippen molar-refractivity contribution in [1.29, 1.82) is 0 Å². The van der Waals surface area contributed by atoms with Gasteiger partial charge in [-0.25, -0.2) is 13.1 Å².